The van der Waals surface area contributed by atoms with E-state index in [1.54, 1.807) is 0 Å². The van der Waals surface area contributed by atoms with Gasteiger partial charge in [-0.25, -0.2) is 0 Å². The molecule has 0 aliphatic heterocycles. The van der Waals surface area contributed by atoms with Gasteiger partial charge >= 0.3 is 5.97 Å². The Labute approximate surface area is 129 Å². The Morgan fingerprint density at radius 3 is 2.29 bits per heavy atom. The highest BCUT2D eigenvalue weighted by Gasteiger charge is 2.11. The molecule has 0 radical (unpaired) electrons. The van der Waals surface area contributed by atoms with E-state index in [4.69, 9.17) is 4.74 Å². The summed E-state index contributed by atoms with van der Waals surface area (Å²) in [5.41, 5.74) is 0.993. The predicted octanol–water partition coefficient (Wildman–Crippen LogP) is 4.53. The van der Waals surface area contributed by atoms with Crippen LogP contribution in [0.2, 0.25) is 0 Å². The topological polar surface area (TPSA) is 26.3 Å². The molecule has 0 heterocycles. The van der Waals surface area contributed by atoms with Gasteiger partial charge in [-0.05, 0) is 52.2 Å². The zero-order valence-corrected chi connectivity index (χ0v) is 12.6. The van der Waals surface area contributed by atoms with Crippen molar-refractivity contribution in [3.63, 3.8) is 0 Å². The molecule has 3 rings (SSSR count). The smallest absolute Gasteiger partial charge is 0.316 e. The fourth-order valence-corrected chi connectivity index (χ4v) is 2.59. The second-order valence-electron chi connectivity index (χ2n) is 5.10. The van der Waals surface area contributed by atoms with Crippen LogP contribution in [0.15, 0.2) is 54.6 Å². The number of hydrogen-bond acceptors (Lipinski definition) is 3. The molecule has 0 fully saturated rings. The molecule has 1 unspecified atom stereocenters. The Kier molecular flexibility index (Phi) is 3.84. The lowest BCUT2D eigenvalue weighted by Crippen LogP contribution is -2.09. The Hall–Kier alpha value is -2.00. The fourth-order valence-electron chi connectivity index (χ4n) is 2.51. The summed E-state index contributed by atoms with van der Waals surface area (Å²) in [5, 5.41) is 4.78. The summed E-state index contributed by atoms with van der Waals surface area (Å²) in [7, 11) is 0. The van der Waals surface area contributed by atoms with Gasteiger partial charge in [0.1, 0.15) is 6.10 Å². The number of carbonyl (C=O) groups is 1. The number of carbonyl (C=O) groups excluding carboxylic acids is 1. The molecular formula is C18H16O2S. The molecule has 0 aliphatic rings. The van der Waals surface area contributed by atoms with E-state index in [1.807, 2.05) is 25.1 Å². The second kappa shape index (κ2) is 5.78. The first-order valence-electron chi connectivity index (χ1n) is 6.90. The second-order valence-corrected chi connectivity index (χ2v) is 5.41. The van der Waals surface area contributed by atoms with Gasteiger partial charge in [-0.3, -0.25) is 4.79 Å². The molecule has 3 aromatic rings. The third-order valence-electron chi connectivity index (χ3n) is 3.64. The van der Waals surface area contributed by atoms with Crippen molar-refractivity contribution < 1.29 is 9.53 Å². The van der Waals surface area contributed by atoms with E-state index in [2.05, 4.69) is 49.0 Å². The quantitative estimate of drug-likeness (QED) is 0.437. The van der Waals surface area contributed by atoms with E-state index in [0.29, 0.717) is 0 Å². The molecule has 1 atom stereocenters. The first kappa shape index (κ1) is 14.0. The van der Waals surface area contributed by atoms with Crippen molar-refractivity contribution in [2.24, 2.45) is 0 Å². The standard InChI is InChI=1S/C18H16O2S/c1-12(20-18(19)11-21)13-6-7-16-9-14-4-2-3-5-15(14)10-17(16)8-13/h2-10,12,21H,11H2,1H3. The predicted molar refractivity (Wildman–Crippen MR) is 89.8 cm³/mol. The van der Waals surface area contributed by atoms with Gasteiger partial charge in [0, 0.05) is 0 Å². The third kappa shape index (κ3) is 2.88. The van der Waals surface area contributed by atoms with Crippen molar-refractivity contribution in [3.8, 4) is 0 Å². The van der Waals surface area contributed by atoms with Crippen LogP contribution in [0.1, 0.15) is 18.6 Å². The minimum Gasteiger partial charge on any atom is -0.457 e. The maximum absolute atomic E-state index is 11.3. The lowest BCUT2D eigenvalue weighted by Gasteiger charge is -2.14. The highest BCUT2D eigenvalue weighted by atomic mass is 32.1. The monoisotopic (exact) mass is 296 g/mol. The van der Waals surface area contributed by atoms with Crippen LogP contribution in [0.3, 0.4) is 0 Å². The van der Waals surface area contributed by atoms with Crippen LogP contribution in [0.25, 0.3) is 21.5 Å². The van der Waals surface area contributed by atoms with Crippen LogP contribution in [0.4, 0.5) is 0 Å². The van der Waals surface area contributed by atoms with Gasteiger partial charge in [0.05, 0.1) is 5.75 Å². The van der Waals surface area contributed by atoms with Gasteiger partial charge in [0.15, 0.2) is 0 Å². The maximum Gasteiger partial charge on any atom is 0.316 e. The lowest BCUT2D eigenvalue weighted by atomic mass is 10.0. The summed E-state index contributed by atoms with van der Waals surface area (Å²) < 4.78 is 5.31. The van der Waals surface area contributed by atoms with Gasteiger partial charge in [-0.15, -0.1) is 0 Å². The normalized spacial score (nSPS) is 12.5. The Bertz CT molecular complexity index is 811. The van der Waals surface area contributed by atoms with Crippen molar-refractivity contribution in [1.82, 2.24) is 0 Å². The fraction of sp³-hybridized carbons (Fsp3) is 0.167. The van der Waals surface area contributed by atoms with Crippen LogP contribution in [0.5, 0.6) is 0 Å². The Balaban J connectivity index is 2.02. The molecule has 0 spiro atoms. The Morgan fingerprint density at radius 2 is 1.62 bits per heavy atom. The first-order chi connectivity index (χ1) is 10.2. The maximum atomic E-state index is 11.3. The highest BCUT2D eigenvalue weighted by Crippen LogP contribution is 2.26. The van der Waals surface area contributed by atoms with E-state index < -0.39 is 0 Å². The molecule has 0 bridgehead atoms. The van der Waals surface area contributed by atoms with Crippen LogP contribution in [-0.4, -0.2) is 11.7 Å². The summed E-state index contributed by atoms with van der Waals surface area (Å²) in [4.78, 5) is 11.3. The molecule has 3 aromatic carbocycles. The average Bonchev–Trinajstić information content (AvgIpc) is 2.52. The minimum atomic E-state index is -0.301. The summed E-state index contributed by atoms with van der Waals surface area (Å²) in [6.07, 6.45) is -0.263. The van der Waals surface area contributed by atoms with E-state index >= 15 is 0 Å². The summed E-state index contributed by atoms with van der Waals surface area (Å²) in [6.45, 7) is 1.88. The van der Waals surface area contributed by atoms with Crippen LogP contribution in [-0.2, 0) is 9.53 Å². The molecule has 106 valence electrons. The Morgan fingerprint density at radius 1 is 1.00 bits per heavy atom. The van der Waals surface area contributed by atoms with Gasteiger partial charge < -0.3 is 4.74 Å². The summed E-state index contributed by atoms with van der Waals surface area (Å²) >= 11 is 3.93. The number of esters is 1. The molecular weight excluding hydrogens is 280 g/mol. The molecule has 0 aliphatic carbocycles. The molecule has 2 nitrogen and oxygen atoms in total. The zero-order chi connectivity index (χ0) is 14.8. The zero-order valence-electron chi connectivity index (χ0n) is 11.7. The van der Waals surface area contributed by atoms with Crippen molar-refractivity contribution in [2.45, 2.75) is 13.0 Å². The van der Waals surface area contributed by atoms with Crippen LogP contribution in [0, 0.1) is 0 Å². The SMILES string of the molecule is CC(OC(=O)CS)c1ccc2cc3ccccc3cc2c1. The molecule has 21 heavy (non-hydrogen) atoms. The van der Waals surface area contributed by atoms with Crippen molar-refractivity contribution in [2.75, 3.05) is 5.75 Å². The number of thiol groups is 1. The number of ether oxygens (including phenoxy) is 1. The van der Waals surface area contributed by atoms with Crippen molar-refractivity contribution in [1.29, 1.82) is 0 Å². The first-order valence-corrected chi connectivity index (χ1v) is 7.53. The van der Waals surface area contributed by atoms with E-state index in [0.717, 1.165) is 10.9 Å². The minimum absolute atomic E-state index is 0.0998. The highest BCUT2D eigenvalue weighted by molar-refractivity contribution is 7.81. The number of fused-ring (bicyclic) bond motifs is 2. The van der Waals surface area contributed by atoms with Gasteiger partial charge in [0.2, 0.25) is 0 Å². The average molecular weight is 296 g/mol. The number of rotatable bonds is 3. The molecule has 0 N–H and O–H groups in total. The third-order valence-corrected chi connectivity index (χ3v) is 3.89. The number of hydrogen-bond donors (Lipinski definition) is 1. The summed E-state index contributed by atoms with van der Waals surface area (Å²) in [5.74, 6) is -0.202. The summed E-state index contributed by atoms with van der Waals surface area (Å²) in [6, 6.07) is 18.8. The molecule has 3 heteroatoms. The number of benzene rings is 3. The molecule has 0 amide bonds. The van der Waals surface area contributed by atoms with E-state index in [-0.39, 0.29) is 17.8 Å². The van der Waals surface area contributed by atoms with Gasteiger partial charge in [0.25, 0.3) is 0 Å². The molecule has 0 saturated carbocycles. The van der Waals surface area contributed by atoms with Gasteiger partial charge in [-0.2, -0.15) is 12.6 Å². The van der Waals surface area contributed by atoms with Gasteiger partial charge in [-0.1, -0.05) is 36.4 Å². The molecule has 0 saturated heterocycles. The van der Waals surface area contributed by atoms with Crippen LogP contribution < -0.4 is 0 Å². The van der Waals surface area contributed by atoms with Crippen molar-refractivity contribution in [3.05, 3.63) is 60.2 Å². The van der Waals surface area contributed by atoms with Crippen molar-refractivity contribution >= 4 is 40.1 Å². The largest absolute Gasteiger partial charge is 0.457 e. The lowest BCUT2D eigenvalue weighted by molar-refractivity contribution is -0.145. The van der Waals surface area contributed by atoms with E-state index in [1.165, 1.54) is 16.2 Å². The van der Waals surface area contributed by atoms with E-state index in [9.17, 15) is 4.79 Å². The molecule has 0 aromatic heterocycles. The van der Waals surface area contributed by atoms with Crippen LogP contribution >= 0.6 is 12.6 Å².